The fourth-order valence-corrected chi connectivity index (χ4v) is 1.76. The van der Waals surface area contributed by atoms with Crippen LogP contribution in [0.2, 0.25) is 0 Å². The van der Waals surface area contributed by atoms with Crippen molar-refractivity contribution in [2.45, 2.75) is 38.9 Å². The summed E-state index contributed by atoms with van der Waals surface area (Å²) in [6.45, 7) is 3.98. The van der Waals surface area contributed by atoms with E-state index in [9.17, 15) is 5.11 Å². The van der Waals surface area contributed by atoms with Crippen molar-refractivity contribution < 1.29 is 19.3 Å². The highest BCUT2D eigenvalue weighted by molar-refractivity contribution is 5.26. The van der Waals surface area contributed by atoms with Gasteiger partial charge in [0.25, 0.3) is 0 Å². The Balaban J connectivity index is 2.07. The van der Waals surface area contributed by atoms with Gasteiger partial charge in [-0.25, -0.2) is 0 Å². The van der Waals surface area contributed by atoms with Crippen molar-refractivity contribution in [3.63, 3.8) is 0 Å². The highest BCUT2D eigenvalue weighted by Gasteiger charge is 2.04. The van der Waals surface area contributed by atoms with Gasteiger partial charge in [0.15, 0.2) is 0 Å². The smallest absolute Gasteiger partial charge is 0.118 e. The Labute approximate surface area is 121 Å². The van der Waals surface area contributed by atoms with Gasteiger partial charge in [-0.3, -0.25) is 0 Å². The molecule has 0 aromatic heterocycles. The fourth-order valence-electron chi connectivity index (χ4n) is 1.76. The maximum Gasteiger partial charge on any atom is 0.118 e. The van der Waals surface area contributed by atoms with Gasteiger partial charge in [0, 0.05) is 6.61 Å². The summed E-state index contributed by atoms with van der Waals surface area (Å²) in [4.78, 5) is 0. The topological polar surface area (TPSA) is 47.9 Å². The number of benzene rings is 1. The number of ether oxygens (including phenoxy) is 3. The van der Waals surface area contributed by atoms with Crippen LogP contribution in [-0.2, 0) is 16.1 Å². The third kappa shape index (κ3) is 7.48. The van der Waals surface area contributed by atoms with Gasteiger partial charge in [-0.1, -0.05) is 31.9 Å². The van der Waals surface area contributed by atoms with Gasteiger partial charge in [-0.05, 0) is 24.1 Å². The second-order valence-corrected chi connectivity index (χ2v) is 4.80. The minimum atomic E-state index is -0.560. The molecule has 1 aromatic carbocycles. The van der Waals surface area contributed by atoms with Crippen LogP contribution in [0.4, 0.5) is 0 Å². The average Bonchev–Trinajstić information content (AvgIpc) is 2.48. The second-order valence-electron chi connectivity index (χ2n) is 4.80. The number of hydrogen-bond donors (Lipinski definition) is 1. The molecule has 0 saturated heterocycles. The molecule has 1 atom stereocenters. The molecule has 0 saturated carbocycles. The molecule has 0 amide bonds. The van der Waals surface area contributed by atoms with Crippen molar-refractivity contribution in [1.29, 1.82) is 0 Å². The first kappa shape index (κ1) is 17.0. The molecule has 0 bridgehead atoms. The lowest BCUT2D eigenvalue weighted by atomic mass is 10.2. The van der Waals surface area contributed by atoms with E-state index in [0.29, 0.717) is 26.4 Å². The zero-order valence-electron chi connectivity index (χ0n) is 12.5. The number of unbranched alkanes of at least 4 members (excludes halogenated alkanes) is 2. The van der Waals surface area contributed by atoms with Crippen molar-refractivity contribution in [2.24, 2.45) is 0 Å². The quantitative estimate of drug-likeness (QED) is 0.634. The van der Waals surface area contributed by atoms with Gasteiger partial charge in [0.2, 0.25) is 0 Å². The van der Waals surface area contributed by atoms with Crippen LogP contribution >= 0.6 is 0 Å². The molecule has 0 aliphatic rings. The molecule has 1 rings (SSSR count). The molecule has 4 nitrogen and oxygen atoms in total. The summed E-state index contributed by atoms with van der Waals surface area (Å²) >= 11 is 0. The van der Waals surface area contributed by atoms with Crippen LogP contribution in [0, 0.1) is 0 Å². The molecular weight excluding hydrogens is 256 g/mol. The largest absolute Gasteiger partial charge is 0.497 e. The number of aliphatic hydroxyl groups is 1. The number of methoxy groups -OCH3 is 1. The predicted molar refractivity (Wildman–Crippen MR) is 79.0 cm³/mol. The maximum absolute atomic E-state index is 9.70. The van der Waals surface area contributed by atoms with E-state index >= 15 is 0 Å². The van der Waals surface area contributed by atoms with Gasteiger partial charge in [0.05, 0.1) is 26.9 Å². The van der Waals surface area contributed by atoms with Crippen LogP contribution in [0.25, 0.3) is 0 Å². The fraction of sp³-hybridized carbons (Fsp3) is 0.625. The van der Waals surface area contributed by atoms with Crippen LogP contribution in [0.3, 0.4) is 0 Å². The molecule has 0 radical (unpaired) electrons. The predicted octanol–water partition coefficient (Wildman–Crippen LogP) is 2.78. The molecule has 114 valence electrons. The molecule has 1 N–H and O–H groups in total. The minimum absolute atomic E-state index is 0.291. The van der Waals surface area contributed by atoms with Gasteiger partial charge in [0.1, 0.15) is 11.9 Å². The van der Waals surface area contributed by atoms with Gasteiger partial charge in [-0.15, -0.1) is 0 Å². The van der Waals surface area contributed by atoms with Gasteiger partial charge >= 0.3 is 0 Å². The Hall–Kier alpha value is -1.10. The first-order valence-electron chi connectivity index (χ1n) is 7.22. The molecule has 4 heteroatoms. The summed E-state index contributed by atoms with van der Waals surface area (Å²) in [5, 5.41) is 9.70. The molecule has 0 spiro atoms. The van der Waals surface area contributed by atoms with E-state index in [1.165, 1.54) is 12.8 Å². The van der Waals surface area contributed by atoms with Crippen molar-refractivity contribution in [2.75, 3.05) is 26.9 Å². The molecule has 0 fully saturated rings. The second kappa shape index (κ2) is 10.7. The average molecular weight is 282 g/mol. The van der Waals surface area contributed by atoms with Crippen molar-refractivity contribution in [1.82, 2.24) is 0 Å². The van der Waals surface area contributed by atoms with E-state index in [4.69, 9.17) is 14.2 Å². The molecule has 0 aliphatic carbocycles. The first-order chi connectivity index (χ1) is 9.76. The van der Waals surface area contributed by atoms with Crippen LogP contribution in [0.1, 0.15) is 31.7 Å². The zero-order chi connectivity index (χ0) is 14.6. The van der Waals surface area contributed by atoms with E-state index in [-0.39, 0.29) is 0 Å². The molecular formula is C16H26O4. The van der Waals surface area contributed by atoms with E-state index in [2.05, 4.69) is 6.92 Å². The van der Waals surface area contributed by atoms with Gasteiger partial charge < -0.3 is 19.3 Å². The van der Waals surface area contributed by atoms with Crippen LogP contribution in [0.15, 0.2) is 24.3 Å². The standard InChI is InChI=1S/C16H26O4/c1-3-4-5-10-19-12-15(17)13-20-11-14-6-8-16(18-2)9-7-14/h6-9,15,17H,3-5,10-13H2,1-2H3/t15-/m1/s1. The summed E-state index contributed by atoms with van der Waals surface area (Å²) in [5.41, 5.74) is 1.06. The van der Waals surface area contributed by atoms with Crippen LogP contribution in [-0.4, -0.2) is 38.1 Å². The number of hydrogen-bond acceptors (Lipinski definition) is 4. The Bertz CT molecular complexity index is 337. The third-order valence-electron chi connectivity index (χ3n) is 2.94. The van der Waals surface area contributed by atoms with E-state index in [1.807, 2.05) is 24.3 Å². The maximum atomic E-state index is 9.70. The number of aliphatic hydroxyl groups excluding tert-OH is 1. The molecule has 0 unspecified atom stereocenters. The van der Waals surface area contributed by atoms with E-state index in [1.54, 1.807) is 7.11 Å². The van der Waals surface area contributed by atoms with Crippen LogP contribution < -0.4 is 4.74 Å². The summed E-state index contributed by atoms with van der Waals surface area (Å²) in [7, 11) is 1.64. The van der Waals surface area contributed by atoms with E-state index < -0.39 is 6.10 Å². The lowest BCUT2D eigenvalue weighted by Gasteiger charge is -2.12. The summed E-state index contributed by atoms with van der Waals surface area (Å²) in [5.74, 6) is 0.828. The summed E-state index contributed by atoms with van der Waals surface area (Å²) in [6.07, 6.45) is 2.84. The highest BCUT2D eigenvalue weighted by Crippen LogP contribution is 2.11. The molecule has 0 aliphatic heterocycles. The minimum Gasteiger partial charge on any atom is -0.497 e. The molecule has 0 heterocycles. The Morgan fingerprint density at radius 2 is 1.75 bits per heavy atom. The Kier molecular flexibility index (Phi) is 9.04. The monoisotopic (exact) mass is 282 g/mol. The molecule has 20 heavy (non-hydrogen) atoms. The lowest BCUT2D eigenvalue weighted by Crippen LogP contribution is -2.22. The van der Waals surface area contributed by atoms with Crippen molar-refractivity contribution in [3.05, 3.63) is 29.8 Å². The zero-order valence-corrected chi connectivity index (χ0v) is 12.5. The normalized spacial score (nSPS) is 12.3. The first-order valence-corrected chi connectivity index (χ1v) is 7.22. The summed E-state index contributed by atoms with van der Waals surface area (Å²) in [6, 6.07) is 7.69. The summed E-state index contributed by atoms with van der Waals surface area (Å²) < 4.78 is 15.9. The number of rotatable bonds is 11. The van der Waals surface area contributed by atoms with Crippen molar-refractivity contribution in [3.8, 4) is 5.75 Å². The van der Waals surface area contributed by atoms with Crippen molar-refractivity contribution >= 4 is 0 Å². The van der Waals surface area contributed by atoms with Crippen LogP contribution in [0.5, 0.6) is 5.75 Å². The lowest BCUT2D eigenvalue weighted by molar-refractivity contribution is -0.0239. The third-order valence-corrected chi connectivity index (χ3v) is 2.94. The van der Waals surface area contributed by atoms with Gasteiger partial charge in [-0.2, -0.15) is 0 Å². The Morgan fingerprint density at radius 3 is 2.40 bits per heavy atom. The SMILES string of the molecule is CCCCCOC[C@@H](O)COCc1ccc(OC)cc1. The molecule has 1 aromatic rings. The van der Waals surface area contributed by atoms with E-state index in [0.717, 1.165) is 17.7 Å². The Morgan fingerprint density at radius 1 is 1.05 bits per heavy atom. The highest BCUT2D eigenvalue weighted by atomic mass is 16.5.